The molecule has 22 heavy (non-hydrogen) atoms. The van der Waals surface area contributed by atoms with E-state index in [0.717, 1.165) is 25.9 Å². The summed E-state index contributed by atoms with van der Waals surface area (Å²) in [5.41, 5.74) is 3.75. The Morgan fingerprint density at radius 2 is 1.68 bits per heavy atom. The number of likely N-dealkylation sites (tertiary alicyclic amines) is 1. The molecule has 0 spiro atoms. The Morgan fingerprint density at radius 1 is 0.909 bits per heavy atom. The summed E-state index contributed by atoms with van der Waals surface area (Å²) in [7, 11) is 0. The van der Waals surface area contributed by atoms with E-state index in [9.17, 15) is 4.79 Å². The molecule has 2 aromatic rings. The van der Waals surface area contributed by atoms with Gasteiger partial charge in [-0.3, -0.25) is 4.79 Å². The van der Waals surface area contributed by atoms with Crippen LogP contribution in [-0.2, 0) is 4.79 Å². The lowest BCUT2D eigenvalue weighted by molar-refractivity contribution is -0.129. The molecule has 2 heterocycles. The Bertz CT molecular complexity index is 683. The molecular weight excluding hydrogens is 272 g/mol. The molecule has 1 amide bonds. The minimum Gasteiger partial charge on any atom is -0.341 e. The summed E-state index contributed by atoms with van der Waals surface area (Å²) in [6.07, 6.45) is 2.71. The highest BCUT2D eigenvalue weighted by Crippen LogP contribution is 2.41. The van der Waals surface area contributed by atoms with Gasteiger partial charge in [0.05, 0.1) is 6.04 Å². The maximum atomic E-state index is 12.1. The summed E-state index contributed by atoms with van der Waals surface area (Å²) in [6.45, 7) is 1.86. The van der Waals surface area contributed by atoms with E-state index < -0.39 is 0 Å². The number of anilines is 2. The molecule has 2 aliphatic heterocycles. The Hall–Kier alpha value is -2.29. The van der Waals surface area contributed by atoms with E-state index in [1.54, 1.807) is 0 Å². The number of rotatable bonds is 2. The van der Waals surface area contributed by atoms with Crippen molar-refractivity contribution in [1.29, 1.82) is 0 Å². The Kier molecular flexibility index (Phi) is 3.34. The third kappa shape index (κ3) is 2.17. The largest absolute Gasteiger partial charge is 0.341 e. The third-order valence-corrected chi connectivity index (χ3v) is 4.77. The molecule has 0 aliphatic carbocycles. The van der Waals surface area contributed by atoms with Crippen LogP contribution in [0.3, 0.4) is 0 Å². The predicted octanol–water partition coefficient (Wildman–Crippen LogP) is 3.89. The van der Waals surface area contributed by atoms with Gasteiger partial charge in [-0.05, 0) is 36.6 Å². The van der Waals surface area contributed by atoms with Crippen molar-refractivity contribution in [2.24, 2.45) is 0 Å². The first-order valence-corrected chi connectivity index (χ1v) is 8.05. The van der Waals surface area contributed by atoms with Crippen molar-refractivity contribution in [2.75, 3.05) is 18.0 Å². The molecule has 0 radical (unpaired) electrons. The zero-order valence-corrected chi connectivity index (χ0v) is 12.6. The first-order chi connectivity index (χ1) is 10.8. The summed E-state index contributed by atoms with van der Waals surface area (Å²) in [4.78, 5) is 16.6. The molecule has 0 saturated carbocycles. The molecule has 2 aromatic carbocycles. The zero-order chi connectivity index (χ0) is 14.9. The lowest BCUT2D eigenvalue weighted by Crippen LogP contribution is -2.37. The molecule has 0 N–H and O–H groups in total. The van der Waals surface area contributed by atoms with Crippen molar-refractivity contribution < 1.29 is 4.79 Å². The van der Waals surface area contributed by atoms with E-state index in [1.165, 1.54) is 16.9 Å². The first-order valence-electron chi connectivity index (χ1n) is 8.05. The second-order valence-electron chi connectivity index (χ2n) is 6.04. The summed E-state index contributed by atoms with van der Waals surface area (Å²) in [6, 6.07) is 19.3. The van der Waals surface area contributed by atoms with Crippen LogP contribution in [0.25, 0.3) is 0 Å². The fourth-order valence-electron chi connectivity index (χ4n) is 3.74. The molecule has 1 saturated heterocycles. The van der Waals surface area contributed by atoms with Crippen molar-refractivity contribution in [3.8, 4) is 0 Å². The van der Waals surface area contributed by atoms with Crippen LogP contribution in [0.4, 0.5) is 11.4 Å². The molecule has 3 heteroatoms. The van der Waals surface area contributed by atoms with Crippen LogP contribution in [0.1, 0.15) is 30.9 Å². The van der Waals surface area contributed by atoms with Gasteiger partial charge in [-0.25, -0.2) is 0 Å². The Morgan fingerprint density at radius 3 is 2.45 bits per heavy atom. The average molecular weight is 292 g/mol. The monoisotopic (exact) mass is 292 g/mol. The Balaban J connectivity index is 1.73. The van der Waals surface area contributed by atoms with Crippen LogP contribution in [0.2, 0.25) is 0 Å². The number of fused-ring (bicyclic) bond motifs is 1. The summed E-state index contributed by atoms with van der Waals surface area (Å²) < 4.78 is 0. The number of para-hydroxylation sites is 2. The Labute approximate surface area is 131 Å². The molecular formula is C19H20N2O. The lowest BCUT2D eigenvalue weighted by atomic mass is 9.94. The number of hydrogen-bond donors (Lipinski definition) is 0. The highest BCUT2D eigenvalue weighted by Gasteiger charge is 2.34. The fourth-order valence-corrected chi connectivity index (χ4v) is 3.74. The first kappa shape index (κ1) is 13.4. The van der Waals surface area contributed by atoms with Crippen LogP contribution in [0.5, 0.6) is 0 Å². The van der Waals surface area contributed by atoms with Crippen molar-refractivity contribution in [1.82, 2.24) is 4.90 Å². The van der Waals surface area contributed by atoms with Gasteiger partial charge in [0.15, 0.2) is 0 Å². The highest BCUT2D eigenvalue weighted by molar-refractivity contribution is 5.79. The van der Waals surface area contributed by atoms with Crippen LogP contribution < -0.4 is 4.90 Å². The van der Waals surface area contributed by atoms with Gasteiger partial charge in [-0.1, -0.05) is 36.4 Å². The molecule has 4 rings (SSSR count). The minimum absolute atomic E-state index is 0.242. The van der Waals surface area contributed by atoms with E-state index in [4.69, 9.17) is 0 Å². The van der Waals surface area contributed by atoms with Crippen molar-refractivity contribution in [3.63, 3.8) is 0 Å². The summed E-state index contributed by atoms with van der Waals surface area (Å²) in [5, 5.41) is 0. The number of hydrogen-bond acceptors (Lipinski definition) is 2. The van der Waals surface area contributed by atoms with E-state index >= 15 is 0 Å². The van der Waals surface area contributed by atoms with Gasteiger partial charge in [-0.2, -0.15) is 0 Å². The van der Waals surface area contributed by atoms with Gasteiger partial charge >= 0.3 is 0 Å². The topological polar surface area (TPSA) is 23.6 Å². The van der Waals surface area contributed by atoms with Gasteiger partial charge in [0, 0.05) is 30.9 Å². The molecule has 112 valence electrons. The molecule has 2 aliphatic rings. The fraction of sp³-hybridized carbons (Fsp3) is 0.316. The van der Waals surface area contributed by atoms with Crippen molar-refractivity contribution in [2.45, 2.75) is 25.3 Å². The zero-order valence-electron chi connectivity index (χ0n) is 12.6. The molecule has 1 unspecified atom stereocenters. The average Bonchev–Trinajstić information content (AvgIpc) is 3.00. The van der Waals surface area contributed by atoms with Gasteiger partial charge in [0.2, 0.25) is 5.91 Å². The van der Waals surface area contributed by atoms with E-state index in [2.05, 4.69) is 58.3 Å². The minimum atomic E-state index is 0.242. The third-order valence-electron chi connectivity index (χ3n) is 4.77. The van der Waals surface area contributed by atoms with E-state index in [0.29, 0.717) is 12.3 Å². The SMILES string of the molecule is O=C1CCCN1C1CCN(c2ccccc2)c2ccccc21. The van der Waals surface area contributed by atoms with Gasteiger partial charge < -0.3 is 9.80 Å². The molecule has 0 aromatic heterocycles. The molecule has 0 bridgehead atoms. The highest BCUT2D eigenvalue weighted by atomic mass is 16.2. The smallest absolute Gasteiger partial charge is 0.223 e. The van der Waals surface area contributed by atoms with Crippen LogP contribution in [0.15, 0.2) is 54.6 Å². The van der Waals surface area contributed by atoms with Gasteiger partial charge in [0.25, 0.3) is 0 Å². The number of carbonyl (C=O) groups is 1. The number of carbonyl (C=O) groups excluding carboxylic acids is 1. The maximum absolute atomic E-state index is 12.1. The van der Waals surface area contributed by atoms with Crippen LogP contribution >= 0.6 is 0 Å². The summed E-state index contributed by atoms with van der Waals surface area (Å²) in [5.74, 6) is 0.313. The molecule has 1 fully saturated rings. The molecule has 1 atom stereocenters. The quantitative estimate of drug-likeness (QED) is 0.838. The van der Waals surface area contributed by atoms with E-state index in [1.807, 2.05) is 6.07 Å². The number of amides is 1. The summed E-state index contributed by atoms with van der Waals surface area (Å²) >= 11 is 0. The van der Waals surface area contributed by atoms with E-state index in [-0.39, 0.29) is 6.04 Å². The molecule has 3 nitrogen and oxygen atoms in total. The van der Waals surface area contributed by atoms with Crippen LogP contribution in [-0.4, -0.2) is 23.9 Å². The lowest BCUT2D eigenvalue weighted by Gasteiger charge is -2.39. The van der Waals surface area contributed by atoms with Crippen molar-refractivity contribution >= 4 is 17.3 Å². The normalized spacial score (nSPS) is 21.1. The number of nitrogens with zero attached hydrogens (tertiary/aromatic N) is 2. The van der Waals surface area contributed by atoms with Crippen molar-refractivity contribution in [3.05, 3.63) is 60.2 Å². The van der Waals surface area contributed by atoms with Gasteiger partial charge in [-0.15, -0.1) is 0 Å². The van der Waals surface area contributed by atoms with Crippen LogP contribution in [0, 0.1) is 0 Å². The number of benzene rings is 2. The second kappa shape index (κ2) is 5.48. The maximum Gasteiger partial charge on any atom is 0.223 e. The standard InChI is InChI=1S/C19H20N2O/c22-19-11-6-13-21(19)18-12-14-20(15-7-2-1-3-8-15)17-10-5-4-9-16(17)18/h1-5,7-10,18H,6,11-14H2. The van der Waals surface area contributed by atoms with Gasteiger partial charge in [0.1, 0.15) is 0 Å². The predicted molar refractivity (Wildman–Crippen MR) is 88.2 cm³/mol. The second-order valence-corrected chi connectivity index (χ2v) is 6.04.